The zero-order chi connectivity index (χ0) is 23.9. The van der Waals surface area contributed by atoms with Crippen molar-refractivity contribution in [2.75, 3.05) is 10.6 Å². The van der Waals surface area contributed by atoms with Crippen molar-refractivity contribution in [1.29, 1.82) is 0 Å². The molecule has 3 N–H and O–H groups in total. The molecule has 172 valence electrons. The van der Waals surface area contributed by atoms with E-state index in [9.17, 15) is 14.0 Å². The summed E-state index contributed by atoms with van der Waals surface area (Å²) in [6.45, 7) is 0. The molecule has 4 rings (SSSR count). The predicted octanol–water partition coefficient (Wildman–Crippen LogP) is 5.37. The molecule has 0 aliphatic heterocycles. The fourth-order valence-corrected chi connectivity index (χ4v) is 4.00. The molecule has 7 nitrogen and oxygen atoms in total. The molecule has 0 fully saturated rings. The molecule has 0 spiro atoms. The summed E-state index contributed by atoms with van der Waals surface area (Å²) in [6, 6.07) is 20.3. The van der Waals surface area contributed by atoms with E-state index in [1.54, 1.807) is 18.2 Å². The molecule has 1 atom stereocenters. The number of hydrogen-bond acceptors (Lipinski definition) is 5. The van der Waals surface area contributed by atoms with Gasteiger partial charge in [0.15, 0.2) is 0 Å². The summed E-state index contributed by atoms with van der Waals surface area (Å²) in [5.74, 6) is -0.943. The maximum Gasteiger partial charge on any atom is 0.319 e. The van der Waals surface area contributed by atoms with E-state index in [0.717, 1.165) is 11.1 Å². The summed E-state index contributed by atoms with van der Waals surface area (Å²) in [6.07, 6.45) is 0.242. The summed E-state index contributed by atoms with van der Waals surface area (Å²) in [5.41, 5.74) is 1.94. The van der Waals surface area contributed by atoms with E-state index < -0.39 is 23.8 Å². The molecule has 0 bridgehead atoms. The topological polar surface area (TPSA) is 96.0 Å². The SMILES string of the molecule is O=C(Nc1cccc(F)c1)NC(Cc1ccccc1)C(=O)Nc1nnc(-c2ccc(Cl)cc2)s1. The number of aromatic nitrogens is 2. The number of benzene rings is 3. The molecule has 1 aromatic heterocycles. The van der Waals surface area contributed by atoms with Crippen molar-refractivity contribution in [3.05, 3.63) is 95.3 Å². The molecular formula is C24H19ClFN5O2S. The second-order valence-electron chi connectivity index (χ2n) is 7.26. The zero-order valence-corrected chi connectivity index (χ0v) is 19.2. The molecule has 0 aliphatic rings. The van der Waals surface area contributed by atoms with Crippen molar-refractivity contribution in [3.63, 3.8) is 0 Å². The molecule has 0 radical (unpaired) electrons. The third kappa shape index (κ3) is 6.37. The highest BCUT2D eigenvalue weighted by Crippen LogP contribution is 2.27. The van der Waals surface area contributed by atoms with Crippen LogP contribution in [-0.4, -0.2) is 28.2 Å². The Morgan fingerprint density at radius 2 is 1.71 bits per heavy atom. The number of nitrogens with zero attached hydrogens (tertiary/aromatic N) is 2. The van der Waals surface area contributed by atoms with Crippen LogP contribution in [0.5, 0.6) is 0 Å². The minimum Gasteiger partial charge on any atom is -0.326 e. The number of carbonyl (C=O) groups is 2. The lowest BCUT2D eigenvalue weighted by Crippen LogP contribution is -2.46. The Hall–Kier alpha value is -3.82. The molecule has 10 heteroatoms. The molecule has 0 aliphatic carbocycles. The summed E-state index contributed by atoms with van der Waals surface area (Å²) in [4.78, 5) is 25.6. The molecule has 0 saturated heterocycles. The molecular weight excluding hydrogens is 477 g/mol. The van der Waals surface area contributed by atoms with Gasteiger partial charge < -0.3 is 10.6 Å². The Morgan fingerprint density at radius 1 is 0.941 bits per heavy atom. The van der Waals surface area contributed by atoms with E-state index in [-0.39, 0.29) is 12.1 Å². The highest BCUT2D eigenvalue weighted by atomic mass is 35.5. The number of amides is 3. The van der Waals surface area contributed by atoms with Crippen LogP contribution >= 0.6 is 22.9 Å². The van der Waals surface area contributed by atoms with E-state index in [2.05, 4.69) is 26.1 Å². The Kier molecular flexibility index (Phi) is 7.46. The third-order valence-electron chi connectivity index (χ3n) is 4.73. The number of rotatable bonds is 7. The van der Waals surface area contributed by atoms with Gasteiger partial charge in [-0.15, -0.1) is 10.2 Å². The number of carbonyl (C=O) groups excluding carboxylic acids is 2. The summed E-state index contributed by atoms with van der Waals surface area (Å²) in [5, 5.41) is 17.6. The highest BCUT2D eigenvalue weighted by molar-refractivity contribution is 7.18. The lowest BCUT2D eigenvalue weighted by atomic mass is 10.1. The van der Waals surface area contributed by atoms with Gasteiger partial charge in [-0.3, -0.25) is 10.1 Å². The van der Waals surface area contributed by atoms with Crippen LogP contribution in [0.3, 0.4) is 0 Å². The van der Waals surface area contributed by atoms with Gasteiger partial charge in [-0.1, -0.05) is 71.5 Å². The van der Waals surface area contributed by atoms with Crippen molar-refractivity contribution in [1.82, 2.24) is 15.5 Å². The van der Waals surface area contributed by atoms with Gasteiger partial charge in [0.1, 0.15) is 16.9 Å². The highest BCUT2D eigenvalue weighted by Gasteiger charge is 2.23. The standard InChI is InChI=1S/C24H19ClFN5O2S/c25-17-11-9-16(10-12-17)22-30-31-24(34-22)29-21(32)20(13-15-5-2-1-3-6-15)28-23(33)27-19-8-4-7-18(26)14-19/h1-12,14,20H,13H2,(H2,27,28,33)(H,29,31,32). The van der Waals surface area contributed by atoms with E-state index in [1.807, 2.05) is 42.5 Å². The first-order chi connectivity index (χ1) is 16.5. The van der Waals surface area contributed by atoms with Gasteiger partial charge in [0.25, 0.3) is 0 Å². The van der Waals surface area contributed by atoms with Gasteiger partial charge in [0.05, 0.1) is 0 Å². The molecule has 3 aromatic carbocycles. The van der Waals surface area contributed by atoms with Crippen LogP contribution in [-0.2, 0) is 11.2 Å². The largest absolute Gasteiger partial charge is 0.326 e. The van der Waals surface area contributed by atoms with Crippen LogP contribution in [0.25, 0.3) is 10.6 Å². The third-order valence-corrected chi connectivity index (χ3v) is 5.87. The van der Waals surface area contributed by atoms with Crippen molar-refractivity contribution in [2.45, 2.75) is 12.5 Å². The zero-order valence-electron chi connectivity index (χ0n) is 17.7. The van der Waals surface area contributed by atoms with E-state index in [1.165, 1.54) is 29.5 Å². The summed E-state index contributed by atoms with van der Waals surface area (Å²) >= 11 is 7.13. The first-order valence-electron chi connectivity index (χ1n) is 10.2. The number of hydrogen-bond donors (Lipinski definition) is 3. The maximum atomic E-state index is 13.4. The average Bonchev–Trinajstić information content (AvgIpc) is 3.28. The quantitative estimate of drug-likeness (QED) is 0.321. The first-order valence-corrected chi connectivity index (χ1v) is 11.4. The molecule has 3 amide bonds. The fraction of sp³-hybridized carbons (Fsp3) is 0.0833. The fourth-order valence-electron chi connectivity index (χ4n) is 3.13. The number of halogens is 2. The van der Waals surface area contributed by atoms with Crippen LogP contribution in [0.15, 0.2) is 78.9 Å². The van der Waals surface area contributed by atoms with E-state index in [0.29, 0.717) is 15.2 Å². The van der Waals surface area contributed by atoms with Crippen LogP contribution in [0, 0.1) is 5.82 Å². The van der Waals surface area contributed by atoms with Crippen molar-refractivity contribution in [3.8, 4) is 10.6 Å². The molecule has 1 heterocycles. The Bertz CT molecular complexity index is 1280. The van der Waals surface area contributed by atoms with Crippen LogP contribution < -0.4 is 16.0 Å². The van der Waals surface area contributed by atoms with Crippen molar-refractivity contribution in [2.24, 2.45) is 0 Å². The van der Waals surface area contributed by atoms with Crippen LogP contribution in [0.4, 0.5) is 20.0 Å². The lowest BCUT2D eigenvalue weighted by Gasteiger charge is -2.18. The van der Waals surface area contributed by atoms with Crippen LogP contribution in [0.1, 0.15) is 5.56 Å². The molecule has 1 unspecified atom stereocenters. The lowest BCUT2D eigenvalue weighted by molar-refractivity contribution is -0.117. The summed E-state index contributed by atoms with van der Waals surface area (Å²) in [7, 11) is 0. The van der Waals surface area contributed by atoms with Crippen LogP contribution in [0.2, 0.25) is 5.02 Å². The van der Waals surface area contributed by atoms with Gasteiger partial charge in [-0.25, -0.2) is 9.18 Å². The smallest absolute Gasteiger partial charge is 0.319 e. The molecule has 34 heavy (non-hydrogen) atoms. The van der Waals surface area contributed by atoms with Gasteiger partial charge >= 0.3 is 6.03 Å². The van der Waals surface area contributed by atoms with Gasteiger partial charge in [0, 0.05) is 22.7 Å². The Labute approximate surface area is 204 Å². The minimum absolute atomic E-state index is 0.242. The number of urea groups is 1. The van der Waals surface area contributed by atoms with E-state index in [4.69, 9.17) is 11.6 Å². The second kappa shape index (κ2) is 10.9. The minimum atomic E-state index is -0.918. The Morgan fingerprint density at radius 3 is 2.44 bits per heavy atom. The van der Waals surface area contributed by atoms with Crippen molar-refractivity contribution >= 4 is 45.7 Å². The maximum absolute atomic E-state index is 13.4. The van der Waals surface area contributed by atoms with Gasteiger partial charge in [0.2, 0.25) is 11.0 Å². The summed E-state index contributed by atoms with van der Waals surface area (Å²) < 4.78 is 13.4. The first kappa shape index (κ1) is 23.3. The monoisotopic (exact) mass is 495 g/mol. The van der Waals surface area contributed by atoms with Gasteiger partial charge in [-0.05, 0) is 35.9 Å². The molecule has 0 saturated carbocycles. The number of anilines is 2. The average molecular weight is 496 g/mol. The van der Waals surface area contributed by atoms with E-state index >= 15 is 0 Å². The predicted molar refractivity (Wildman–Crippen MR) is 131 cm³/mol. The second-order valence-corrected chi connectivity index (χ2v) is 8.67. The van der Waals surface area contributed by atoms with Gasteiger partial charge in [-0.2, -0.15) is 0 Å². The number of nitrogens with one attached hydrogen (secondary N) is 3. The Balaban J connectivity index is 1.47. The van der Waals surface area contributed by atoms with Crippen molar-refractivity contribution < 1.29 is 14.0 Å². The normalized spacial score (nSPS) is 11.5. The molecule has 4 aromatic rings.